The fourth-order valence-electron chi connectivity index (χ4n) is 2.98. The predicted octanol–water partition coefficient (Wildman–Crippen LogP) is 2.08. The third kappa shape index (κ3) is 3.15. The smallest absolute Gasteiger partial charge is 0.253 e. The second kappa shape index (κ2) is 6.13. The Hall–Kier alpha value is -2.09. The van der Waals surface area contributed by atoms with Gasteiger partial charge in [-0.05, 0) is 38.3 Å². The number of rotatable bonds is 3. The van der Waals surface area contributed by atoms with Crippen molar-refractivity contribution in [2.75, 3.05) is 0 Å². The maximum absolute atomic E-state index is 12.4. The molecule has 0 atom stereocenters. The molecule has 2 N–H and O–H groups in total. The van der Waals surface area contributed by atoms with Gasteiger partial charge in [-0.3, -0.25) is 9.59 Å². The molecule has 1 amide bonds. The van der Waals surface area contributed by atoms with Gasteiger partial charge >= 0.3 is 0 Å². The Bertz CT molecular complexity index is 634. The normalized spacial score (nSPS) is 17.0. The van der Waals surface area contributed by atoms with Gasteiger partial charge in [0, 0.05) is 17.8 Å². The number of nitrogens with one attached hydrogen (secondary N) is 2. The number of H-pyrrole nitrogens is 1. The van der Waals surface area contributed by atoms with Crippen LogP contribution in [-0.4, -0.2) is 10.9 Å². The molecule has 1 aromatic heterocycles. The third-order valence-electron chi connectivity index (χ3n) is 4.28. The Morgan fingerprint density at radius 1 is 1.38 bits per heavy atom. The van der Waals surface area contributed by atoms with Gasteiger partial charge in [0.15, 0.2) is 0 Å². The fraction of sp³-hybridized carbons (Fsp3) is 0.562. The lowest BCUT2D eigenvalue weighted by Gasteiger charge is -2.29. The first kappa shape index (κ1) is 15.3. The van der Waals surface area contributed by atoms with Crippen molar-refractivity contribution in [3.05, 3.63) is 33.2 Å². The summed E-state index contributed by atoms with van der Waals surface area (Å²) in [5.74, 6) is -0.246. The van der Waals surface area contributed by atoms with Crippen LogP contribution in [0.15, 0.2) is 10.9 Å². The quantitative estimate of drug-likeness (QED) is 0.892. The summed E-state index contributed by atoms with van der Waals surface area (Å²) in [6.45, 7) is 3.84. The van der Waals surface area contributed by atoms with Crippen LogP contribution in [0.5, 0.6) is 0 Å². The SMILES string of the molecule is Cc1cc(C)c(CNC(=O)C2(C#N)CCCCC2)c(=O)[nH]1. The molecule has 0 radical (unpaired) electrons. The molecule has 1 heterocycles. The molecular weight excluding hydrogens is 266 g/mol. The summed E-state index contributed by atoms with van der Waals surface area (Å²) >= 11 is 0. The molecule has 112 valence electrons. The standard InChI is InChI=1S/C16H21N3O2/c1-11-8-12(2)19-14(20)13(11)9-18-15(21)16(10-17)6-4-3-5-7-16/h8H,3-7,9H2,1-2H3,(H,18,21)(H,19,20). The number of nitriles is 1. The highest BCUT2D eigenvalue weighted by Gasteiger charge is 2.39. The number of aromatic nitrogens is 1. The van der Waals surface area contributed by atoms with E-state index in [2.05, 4.69) is 16.4 Å². The van der Waals surface area contributed by atoms with Crippen LogP contribution in [0.1, 0.15) is 48.9 Å². The molecule has 0 saturated heterocycles. The highest BCUT2D eigenvalue weighted by molar-refractivity contribution is 5.85. The molecule has 0 aliphatic heterocycles. The van der Waals surface area contributed by atoms with Crippen molar-refractivity contribution < 1.29 is 4.79 Å². The molecule has 0 bridgehead atoms. The summed E-state index contributed by atoms with van der Waals surface area (Å²) < 4.78 is 0. The van der Waals surface area contributed by atoms with Gasteiger partial charge in [0.1, 0.15) is 5.41 Å². The molecular formula is C16H21N3O2. The number of pyridine rings is 1. The van der Waals surface area contributed by atoms with E-state index in [9.17, 15) is 14.9 Å². The maximum Gasteiger partial charge on any atom is 0.253 e. The van der Waals surface area contributed by atoms with Crippen LogP contribution in [0.3, 0.4) is 0 Å². The van der Waals surface area contributed by atoms with Gasteiger partial charge in [-0.1, -0.05) is 19.3 Å². The summed E-state index contributed by atoms with van der Waals surface area (Å²) in [7, 11) is 0. The lowest BCUT2D eigenvalue weighted by Crippen LogP contribution is -2.42. The van der Waals surface area contributed by atoms with Crippen LogP contribution in [0.25, 0.3) is 0 Å². The van der Waals surface area contributed by atoms with Crippen molar-refractivity contribution in [3.63, 3.8) is 0 Å². The Morgan fingerprint density at radius 3 is 2.62 bits per heavy atom. The van der Waals surface area contributed by atoms with Gasteiger partial charge in [-0.15, -0.1) is 0 Å². The lowest BCUT2D eigenvalue weighted by atomic mass is 9.74. The van der Waals surface area contributed by atoms with Gasteiger partial charge in [0.2, 0.25) is 5.91 Å². The maximum atomic E-state index is 12.4. The summed E-state index contributed by atoms with van der Waals surface area (Å²) in [4.78, 5) is 27.0. The van der Waals surface area contributed by atoms with E-state index < -0.39 is 5.41 Å². The molecule has 1 saturated carbocycles. The van der Waals surface area contributed by atoms with Crippen LogP contribution in [0.2, 0.25) is 0 Å². The number of carbonyl (C=O) groups is 1. The van der Waals surface area contributed by atoms with Crippen LogP contribution in [0, 0.1) is 30.6 Å². The van der Waals surface area contributed by atoms with Crippen molar-refractivity contribution in [3.8, 4) is 6.07 Å². The minimum Gasteiger partial charge on any atom is -0.350 e. The minimum absolute atomic E-state index is 0.170. The van der Waals surface area contributed by atoms with Crippen molar-refractivity contribution in [2.45, 2.75) is 52.5 Å². The van der Waals surface area contributed by atoms with Gasteiger partial charge in [0.05, 0.1) is 6.07 Å². The van der Waals surface area contributed by atoms with E-state index in [-0.39, 0.29) is 18.0 Å². The lowest BCUT2D eigenvalue weighted by molar-refractivity contribution is -0.129. The first-order chi connectivity index (χ1) is 9.98. The zero-order chi connectivity index (χ0) is 15.5. The number of aryl methyl sites for hydroxylation is 2. The molecule has 2 rings (SSSR count). The molecule has 1 aromatic rings. The van der Waals surface area contributed by atoms with Gasteiger partial charge in [-0.25, -0.2) is 0 Å². The number of aromatic amines is 1. The van der Waals surface area contributed by atoms with Crippen LogP contribution < -0.4 is 10.9 Å². The second-order valence-electron chi connectivity index (χ2n) is 5.88. The van der Waals surface area contributed by atoms with Crippen molar-refractivity contribution in [1.82, 2.24) is 10.3 Å². The summed E-state index contributed by atoms with van der Waals surface area (Å²) in [5.41, 5.74) is 1.11. The van der Waals surface area contributed by atoms with Crippen molar-refractivity contribution in [1.29, 1.82) is 5.26 Å². The molecule has 21 heavy (non-hydrogen) atoms. The summed E-state index contributed by atoms with van der Waals surface area (Å²) in [5, 5.41) is 12.2. The Morgan fingerprint density at radius 2 is 2.05 bits per heavy atom. The molecule has 1 aliphatic carbocycles. The Kier molecular flexibility index (Phi) is 4.46. The van der Waals surface area contributed by atoms with Crippen molar-refractivity contribution >= 4 is 5.91 Å². The number of hydrogen-bond acceptors (Lipinski definition) is 3. The Balaban J connectivity index is 2.11. The second-order valence-corrected chi connectivity index (χ2v) is 5.88. The van der Waals surface area contributed by atoms with E-state index in [0.29, 0.717) is 18.4 Å². The van der Waals surface area contributed by atoms with Gasteiger partial charge < -0.3 is 10.3 Å². The van der Waals surface area contributed by atoms with E-state index in [1.807, 2.05) is 19.9 Å². The van der Waals surface area contributed by atoms with Crippen molar-refractivity contribution in [2.24, 2.45) is 5.41 Å². The van der Waals surface area contributed by atoms with E-state index in [1.54, 1.807) is 0 Å². The zero-order valence-corrected chi connectivity index (χ0v) is 12.6. The van der Waals surface area contributed by atoms with E-state index in [0.717, 1.165) is 30.5 Å². The third-order valence-corrected chi connectivity index (χ3v) is 4.28. The van der Waals surface area contributed by atoms with Crippen LogP contribution >= 0.6 is 0 Å². The van der Waals surface area contributed by atoms with Gasteiger partial charge in [0.25, 0.3) is 5.56 Å². The molecule has 1 aliphatic rings. The number of carbonyl (C=O) groups excluding carboxylic acids is 1. The first-order valence-electron chi connectivity index (χ1n) is 7.37. The van der Waals surface area contributed by atoms with E-state index in [1.165, 1.54) is 0 Å². The number of hydrogen-bond donors (Lipinski definition) is 2. The Labute approximate surface area is 124 Å². The monoisotopic (exact) mass is 287 g/mol. The summed E-state index contributed by atoms with van der Waals surface area (Å²) in [6.07, 6.45) is 4.11. The highest BCUT2D eigenvalue weighted by atomic mass is 16.2. The van der Waals surface area contributed by atoms with Crippen LogP contribution in [-0.2, 0) is 11.3 Å². The topological polar surface area (TPSA) is 85.8 Å². The first-order valence-corrected chi connectivity index (χ1v) is 7.37. The van der Waals surface area contributed by atoms with Crippen LogP contribution in [0.4, 0.5) is 0 Å². The molecule has 5 heteroatoms. The molecule has 0 unspecified atom stereocenters. The number of amides is 1. The molecule has 5 nitrogen and oxygen atoms in total. The van der Waals surface area contributed by atoms with E-state index in [4.69, 9.17) is 0 Å². The summed E-state index contributed by atoms with van der Waals surface area (Å²) in [6, 6.07) is 4.07. The van der Waals surface area contributed by atoms with E-state index >= 15 is 0 Å². The average Bonchev–Trinajstić information content (AvgIpc) is 2.46. The molecule has 0 spiro atoms. The zero-order valence-electron chi connectivity index (χ0n) is 12.6. The molecule has 0 aromatic carbocycles. The van der Waals surface area contributed by atoms with Gasteiger partial charge in [-0.2, -0.15) is 5.26 Å². The largest absolute Gasteiger partial charge is 0.350 e. The predicted molar refractivity (Wildman–Crippen MR) is 79.5 cm³/mol. The highest BCUT2D eigenvalue weighted by Crippen LogP contribution is 2.35. The average molecular weight is 287 g/mol. The number of nitrogens with zero attached hydrogens (tertiary/aromatic N) is 1. The molecule has 1 fully saturated rings. The fourth-order valence-corrected chi connectivity index (χ4v) is 2.98. The minimum atomic E-state index is -0.913.